The second kappa shape index (κ2) is 5.50. The molecule has 0 saturated heterocycles. The fourth-order valence-electron chi connectivity index (χ4n) is 2.13. The van der Waals surface area contributed by atoms with Gasteiger partial charge >= 0.3 is 0 Å². The van der Waals surface area contributed by atoms with E-state index in [9.17, 15) is 0 Å². The lowest BCUT2D eigenvalue weighted by Crippen LogP contribution is -2.29. The van der Waals surface area contributed by atoms with Gasteiger partial charge in [0.25, 0.3) is 0 Å². The first-order chi connectivity index (χ1) is 8.22. The van der Waals surface area contributed by atoms with Crippen LogP contribution >= 0.6 is 0 Å². The van der Waals surface area contributed by atoms with Crippen molar-refractivity contribution in [3.8, 4) is 0 Å². The van der Waals surface area contributed by atoms with Crippen LogP contribution in [0.15, 0.2) is 18.3 Å². The second-order valence-corrected chi connectivity index (χ2v) is 5.28. The van der Waals surface area contributed by atoms with Crippen molar-refractivity contribution in [2.75, 3.05) is 11.4 Å². The SMILES string of the molecule is CC(C)CCN(c1cccnc1CN)C1CC1. The molecule has 0 unspecified atom stereocenters. The molecule has 2 rings (SSSR count). The van der Waals surface area contributed by atoms with Crippen molar-refractivity contribution in [3.05, 3.63) is 24.0 Å². The average molecular weight is 233 g/mol. The molecule has 1 aliphatic carbocycles. The van der Waals surface area contributed by atoms with Crippen LogP contribution in [0.3, 0.4) is 0 Å². The first-order valence-electron chi connectivity index (χ1n) is 6.63. The van der Waals surface area contributed by atoms with Crippen LogP contribution in [0.5, 0.6) is 0 Å². The molecule has 3 heteroatoms. The molecule has 0 atom stereocenters. The molecule has 94 valence electrons. The molecule has 1 saturated carbocycles. The van der Waals surface area contributed by atoms with Gasteiger partial charge in [0.2, 0.25) is 0 Å². The molecule has 0 bridgehead atoms. The van der Waals surface area contributed by atoms with Crippen LogP contribution in [0.1, 0.15) is 38.8 Å². The number of pyridine rings is 1. The quantitative estimate of drug-likeness (QED) is 0.821. The number of hydrogen-bond donors (Lipinski definition) is 1. The van der Waals surface area contributed by atoms with Crippen molar-refractivity contribution < 1.29 is 0 Å². The van der Waals surface area contributed by atoms with Gasteiger partial charge in [-0.2, -0.15) is 0 Å². The predicted molar refractivity (Wildman–Crippen MR) is 72.0 cm³/mol. The van der Waals surface area contributed by atoms with E-state index in [0.717, 1.165) is 24.2 Å². The van der Waals surface area contributed by atoms with Crippen LogP contribution in [-0.4, -0.2) is 17.6 Å². The zero-order chi connectivity index (χ0) is 12.3. The number of nitrogens with two attached hydrogens (primary N) is 1. The highest BCUT2D eigenvalue weighted by Gasteiger charge is 2.30. The van der Waals surface area contributed by atoms with Crippen molar-refractivity contribution in [1.82, 2.24) is 4.98 Å². The van der Waals surface area contributed by atoms with Crippen molar-refractivity contribution in [1.29, 1.82) is 0 Å². The van der Waals surface area contributed by atoms with Gasteiger partial charge in [-0.1, -0.05) is 13.8 Å². The number of rotatable bonds is 6. The molecule has 0 aromatic carbocycles. The minimum absolute atomic E-state index is 0.529. The summed E-state index contributed by atoms with van der Waals surface area (Å²) in [5.41, 5.74) is 8.05. The summed E-state index contributed by atoms with van der Waals surface area (Å²) < 4.78 is 0. The largest absolute Gasteiger partial charge is 0.367 e. The molecule has 0 aliphatic heterocycles. The van der Waals surface area contributed by atoms with E-state index < -0.39 is 0 Å². The summed E-state index contributed by atoms with van der Waals surface area (Å²) in [5, 5.41) is 0. The van der Waals surface area contributed by atoms with Gasteiger partial charge < -0.3 is 10.6 Å². The molecule has 1 aromatic rings. The maximum absolute atomic E-state index is 5.78. The summed E-state index contributed by atoms with van der Waals surface area (Å²) in [7, 11) is 0. The van der Waals surface area contributed by atoms with Gasteiger partial charge in [0.05, 0.1) is 11.4 Å². The minimum Gasteiger partial charge on any atom is -0.367 e. The standard InChI is InChI=1S/C14H23N3/c1-11(2)7-9-17(12-5-6-12)14-4-3-8-16-13(14)10-15/h3-4,8,11-12H,5-7,9-10,15H2,1-2H3. The zero-order valence-corrected chi connectivity index (χ0v) is 10.9. The van der Waals surface area contributed by atoms with Crippen LogP contribution < -0.4 is 10.6 Å². The van der Waals surface area contributed by atoms with E-state index in [1.807, 2.05) is 12.3 Å². The molecule has 3 nitrogen and oxygen atoms in total. The highest BCUT2D eigenvalue weighted by Crippen LogP contribution is 2.33. The molecule has 1 aromatic heterocycles. The lowest BCUT2D eigenvalue weighted by molar-refractivity contribution is 0.569. The molecular weight excluding hydrogens is 210 g/mol. The van der Waals surface area contributed by atoms with E-state index in [1.165, 1.54) is 24.9 Å². The minimum atomic E-state index is 0.529. The highest BCUT2D eigenvalue weighted by molar-refractivity contribution is 5.52. The molecule has 2 N–H and O–H groups in total. The van der Waals surface area contributed by atoms with Gasteiger partial charge in [-0.25, -0.2) is 0 Å². The number of anilines is 1. The van der Waals surface area contributed by atoms with Crippen LogP contribution in [0.25, 0.3) is 0 Å². The van der Waals surface area contributed by atoms with Crippen molar-refractivity contribution in [2.24, 2.45) is 11.7 Å². The predicted octanol–water partition coefficient (Wildman–Crippen LogP) is 2.56. The third kappa shape index (κ3) is 3.19. The Hall–Kier alpha value is -1.09. The van der Waals surface area contributed by atoms with Gasteiger partial charge in [-0.15, -0.1) is 0 Å². The summed E-state index contributed by atoms with van der Waals surface area (Å²) in [6.07, 6.45) is 5.70. The third-order valence-corrected chi connectivity index (χ3v) is 3.30. The Labute approximate surface area is 104 Å². The van der Waals surface area contributed by atoms with Gasteiger partial charge in [-0.05, 0) is 37.3 Å². The van der Waals surface area contributed by atoms with Crippen molar-refractivity contribution in [2.45, 2.75) is 45.7 Å². The molecule has 0 radical (unpaired) electrons. The summed E-state index contributed by atoms with van der Waals surface area (Å²) >= 11 is 0. The second-order valence-electron chi connectivity index (χ2n) is 5.28. The van der Waals surface area contributed by atoms with Gasteiger partial charge in [0.1, 0.15) is 0 Å². The normalized spacial score (nSPS) is 15.3. The van der Waals surface area contributed by atoms with Gasteiger partial charge in [-0.3, -0.25) is 4.98 Å². The Morgan fingerprint density at radius 1 is 1.47 bits per heavy atom. The first-order valence-corrected chi connectivity index (χ1v) is 6.63. The summed E-state index contributed by atoms with van der Waals surface area (Å²) in [6.45, 7) is 6.21. The molecule has 1 aliphatic rings. The Balaban J connectivity index is 2.14. The van der Waals surface area contributed by atoms with E-state index in [0.29, 0.717) is 6.54 Å². The summed E-state index contributed by atoms with van der Waals surface area (Å²) in [6, 6.07) is 4.90. The molecule has 0 spiro atoms. The molecular formula is C14H23N3. The lowest BCUT2D eigenvalue weighted by Gasteiger charge is -2.27. The maximum Gasteiger partial charge on any atom is 0.0772 e. The van der Waals surface area contributed by atoms with E-state index in [1.54, 1.807) is 0 Å². The zero-order valence-electron chi connectivity index (χ0n) is 10.9. The summed E-state index contributed by atoms with van der Waals surface area (Å²) in [5.74, 6) is 0.745. The average Bonchev–Trinajstić information content (AvgIpc) is 3.14. The number of aromatic nitrogens is 1. The fourth-order valence-corrected chi connectivity index (χ4v) is 2.13. The van der Waals surface area contributed by atoms with Crippen LogP contribution in [0.2, 0.25) is 0 Å². The van der Waals surface area contributed by atoms with E-state index >= 15 is 0 Å². The van der Waals surface area contributed by atoms with Gasteiger partial charge in [0.15, 0.2) is 0 Å². The monoisotopic (exact) mass is 233 g/mol. The van der Waals surface area contributed by atoms with E-state index in [2.05, 4.69) is 29.8 Å². The molecule has 1 fully saturated rings. The Morgan fingerprint density at radius 3 is 2.82 bits per heavy atom. The smallest absolute Gasteiger partial charge is 0.0772 e. The van der Waals surface area contributed by atoms with E-state index in [-0.39, 0.29) is 0 Å². The maximum atomic E-state index is 5.78. The van der Waals surface area contributed by atoms with Crippen molar-refractivity contribution >= 4 is 5.69 Å². The molecule has 17 heavy (non-hydrogen) atoms. The fraction of sp³-hybridized carbons (Fsp3) is 0.643. The van der Waals surface area contributed by atoms with Crippen LogP contribution in [0, 0.1) is 5.92 Å². The van der Waals surface area contributed by atoms with E-state index in [4.69, 9.17) is 5.73 Å². The Bertz CT molecular complexity index is 358. The highest BCUT2D eigenvalue weighted by atomic mass is 15.2. The lowest BCUT2D eigenvalue weighted by atomic mass is 10.1. The Morgan fingerprint density at radius 2 is 2.24 bits per heavy atom. The van der Waals surface area contributed by atoms with Crippen LogP contribution in [0.4, 0.5) is 5.69 Å². The molecule has 1 heterocycles. The molecule has 0 amide bonds. The third-order valence-electron chi connectivity index (χ3n) is 3.30. The Kier molecular flexibility index (Phi) is 4.00. The van der Waals surface area contributed by atoms with Gasteiger partial charge in [0, 0.05) is 25.3 Å². The first kappa shape index (κ1) is 12.4. The van der Waals surface area contributed by atoms with Crippen LogP contribution in [-0.2, 0) is 6.54 Å². The topological polar surface area (TPSA) is 42.2 Å². The van der Waals surface area contributed by atoms with Crippen molar-refractivity contribution in [3.63, 3.8) is 0 Å². The number of hydrogen-bond acceptors (Lipinski definition) is 3. The number of nitrogens with zero attached hydrogens (tertiary/aromatic N) is 2. The summed E-state index contributed by atoms with van der Waals surface area (Å²) in [4.78, 5) is 6.90.